The fourth-order valence-electron chi connectivity index (χ4n) is 0. The van der Waals surface area contributed by atoms with Crippen LogP contribution >= 0.6 is 0 Å². The molecule has 0 aromatic carbocycles. The van der Waals surface area contributed by atoms with Crippen LogP contribution in [0.15, 0.2) is 0 Å². The van der Waals surface area contributed by atoms with Crippen molar-refractivity contribution in [1.82, 2.24) is 0 Å². The van der Waals surface area contributed by atoms with Crippen molar-refractivity contribution >= 4 is 0 Å². The van der Waals surface area contributed by atoms with Gasteiger partial charge in [-0.3, -0.25) is 0 Å². The summed E-state index contributed by atoms with van der Waals surface area (Å²) in [6.07, 6.45) is 0. The molecule has 2 N–H and O–H groups in total. The van der Waals surface area contributed by atoms with Crippen molar-refractivity contribution in [1.29, 1.82) is 0 Å². The first-order valence-corrected chi connectivity index (χ1v) is 0. The zero-order valence-corrected chi connectivity index (χ0v) is 8.44. The maximum Gasteiger partial charge on any atom is 1.00 e. The van der Waals surface area contributed by atoms with Crippen LogP contribution in [-0.2, 0) is 44.8 Å². The Kier molecular flexibility index (Phi) is 2280. The summed E-state index contributed by atoms with van der Waals surface area (Å²) < 4.78 is 0. The maximum absolute atomic E-state index is 0. The zero-order chi connectivity index (χ0) is 0. The third kappa shape index (κ3) is 51.7. The average Bonchev–Trinajstić information content (AvgIpc) is 0. The van der Waals surface area contributed by atoms with Crippen molar-refractivity contribution in [2.24, 2.45) is 0 Å². The van der Waals surface area contributed by atoms with E-state index in [0.717, 1.165) is 0 Å². The molecule has 0 amide bonds. The summed E-state index contributed by atoms with van der Waals surface area (Å²) in [5.74, 6) is 0. The van der Waals surface area contributed by atoms with Gasteiger partial charge in [0.2, 0.25) is 0 Å². The second kappa shape index (κ2) is 91.9. The van der Waals surface area contributed by atoms with Crippen LogP contribution in [-0.4, -0.2) is 5.48 Å². The van der Waals surface area contributed by atoms with Gasteiger partial charge in [0.25, 0.3) is 0 Å². The molecule has 0 rings (SSSR count). The van der Waals surface area contributed by atoms with Crippen molar-refractivity contribution in [2.75, 3.05) is 0 Å². The third-order valence-electron chi connectivity index (χ3n) is 0. The smallest absolute Gasteiger partial charge is 0.412 e. The monoisotopic (exact) mass is 457 g/mol. The standard InChI is InChI=1S/3CH3.2Au.H2O/h3*1H3;;;1H2/q3*-1;2*+1;. The summed E-state index contributed by atoms with van der Waals surface area (Å²) in [7, 11) is 0. The molecule has 0 fully saturated rings. The molecule has 0 saturated carbocycles. The number of hydrogen-bond acceptors (Lipinski definition) is 0. The van der Waals surface area contributed by atoms with Gasteiger partial charge in [-0.1, -0.05) is 0 Å². The second-order valence-electron chi connectivity index (χ2n) is 0. The minimum absolute atomic E-state index is 0. The Labute approximate surface area is 72.2 Å². The largest absolute Gasteiger partial charge is 1.00 e. The molecule has 0 aromatic heterocycles. The van der Waals surface area contributed by atoms with Gasteiger partial charge in [0, 0.05) is 0 Å². The molecule has 0 aromatic rings. The molecule has 0 aliphatic carbocycles. The van der Waals surface area contributed by atoms with Gasteiger partial charge in [-0.25, -0.2) is 0 Å². The summed E-state index contributed by atoms with van der Waals surface area (Å²) in [4.78, 5) is 0. The van der Waals surface area contributed by atoms with Crippen LogP contribution in [0, 0.1) is 22.3 Å². The first-order chi connectivity index (χ1) is 0. The minimum Gasteiger partial charge on any atom is -0.412 e. The van der Waals surface area contributed by atoms with E-state index in [9.17, 15) is 0 Å². The van der Waals surface area contributed by atoms with Gasteiger partial charge in [-0.05, 0) is 0 Å². The summed E-state index contributed by atoms with van der Waals surface area (Å²) in [6.45, 7) is 0. The first-order valence-electron chi connectivity index (χ1n) is 0. The fourth-order valence-corrected chi connectivity index (χ4v) is 0. The van der Waals surface area contributed by atoms with E-state index >= 15 is 0 Å². The average molecular weight is 457 g/mol. The van der Waals surface area contributed by atoms with Gasteiger partial charge >= 0.3 is 44.8 Å². The molecule has 0 aliphatic rings. The first kappa shape index (κ1) is 149. The summed E-state index contributed by atoms with van der Waals surface area (Å²) in [6, 6.07) is 0. The van der Waals surface area contributed by atoms with Crippen LogP contribution in [0.2, 0.25) is 0 Å². The minimum atomic E-state index is 0. The molecule has 0 aliphatic heterocycles. The van der Waals surface area contributed by atoms with Gasteiger partial charge < -0.3 is 27.8 Å². The van der Waals surface area contributed by atoms with E-state index in [0.29, 0.717) is 0 Å². The summed E-state index contributed by atoms with van der Waals surface area (Å²) in [5, 5.41) is 0. The summed E-state index contributed by atoms with van der Waals surface area (Å²) >= 11 is 0. The number of rotatable bonds is 0. The number of hydrogen-bond donors (Lipinski definition) is 0. The molecule has 0 spiro atoms. The molecule has 52 valence electrons. The van der Waals surface area contributed by atoms with Crippen molar-refractivity contribution in [2.45, 2.75) is 0 Å². The van der Waals surface area contributed by atoms with E-state index in [4.69, 9.17) is 0 Å². The van der Waals surface area contributed by atoms with Gasteiger partial charge in [0.1, 0.15) is 0 Å². The quantitative estimate of drug-likeness (QED) is 0.376. The van der Waals surface area contributed by atoms with Crippen molar-refractivity contribution < 1.29 is 50.2 Å². The van der Waals surface area contributed by atoms with Crippen molar-refractivity contribution in [3.63, 3.8) is 0 Å². The van der Waals surface area contributed by atoms with Crippen molar-refractivity contribution in [3.8, 4) is 0 Å². The predicted octanol–water partition coefficient (Wildman–Crippen LogP) is 0.521. The second-order valence-corrected chi connectivity index (χ2v) is 0. The van der Waals surface area contributed by atoms with E-state index in [2.05, 4.69) is 0 Å². The molecule has 3 heteroatoms. The Balaban J connectivity index is 0. The Morgan fingerprint density at radius 2 is 0.500 bits per heavy atom. The molecule has 0 heterocycles. The SMILES string of the molecule is O.[Au+].[Au+].[CH3-].[CH3-].[CH3-]. The van der Waals surface area contributed by atoms with Gasteiger partial charge in [-0.15, -0.1) is 0 Å². The van der Waals surface area contributed by atoms with Gasteiger partial charge in [-0.2, -0.15) is 0 Å². The molecule has 0 saturated heterocycles. The molecule has 6 heavy (non-hydrogen) atoms. The molecule has 0 unspecified atom stereocenters. The Morgan fingerprint density at radius 1 is 0.500 bits per heavy atom. The van der Waals surface area contributed by atoms with E-state index in [1.807, 2.05) is 0 Å². The zero-order valence-electron chi connectivity index (χ0n) is 4.10. The molecule has 0 atom stereocenters. The Bertz CT molecular complexity index is 8.75. The maximum atomic E-state index is 0. The molecular weight excluding hydrogens is 446 g/mol. The van der Waals surface area contributed by atoms with Crippen LogP contribution in [0.3, 0.4) is 0 Å². The summed E-state index contributed by atoms with van der Waals surface area (Å²) in [5.41, 5.74) is 0. The van der Waals surface area contributed by atoms with Crippen LogP contribution in [0.4, 0.5) is 0 Å². The van der Waals surface area contributed by atoms with Crippen LogP contribution in [0.25, 0.3) is 0 Å². The molecular formula is C3H11Au2O-. The third-order valence-corrected chi connectivity index (χ3v) is 0. The molecule has 1 nitrogen and oxygen atoms in total. The Hall–Kier alpha value is 1.44. The molecule has 0 radical (unpaired) electrons. The van der Waals surface area contributed by atoms with Crippen molar-refractivity contribution in [3.05, 3.63) is 22.3 Å². The van der Waals surface area contributed by atoms with Crippen LogP contribution < -0.4 is 0 Å². The molecule has 0 bridgehead atoms. The van der Waals surface area contributed by atoms with E-state index in [1.165, 1.54) is 0 Å². The topological polar surface area (TPSA) is 31.5 Å². The Morgan fingerprint density at radius 3 is 0.500 bits per heavy atom. The van der Waals surface area contributed by atoms with Gasteiger partial charge in [0.15, 0.2) is 0 Å². The van der Waals surface area contributed by atoms with Gasteiger partial charge in [0.05, 0.1) is 0 Å². The van der Waals surface area contributed by atoms with E-state index < -0.39 is 0 Å². The van der Waals surface area contributed by atoms with Crippen LogP contribution in [0.1, 0.15) is 0 Å². The normalized spacial score (nSPS) is 0. The van der Waals surface area contributed by atoms with E-state index in [-0.39, 0.29) is 72.5 Å². The van der Waals surface area contributed by atoms with Crippen LogP contribution in [0.5, 0.6) is 0 Å². The van der Waals surface area contributed by atoms with E-state index in [1.54, 1.807) is 0 Å². The predicted molar refractivity (Wildman–Crippen MR) is 22.9 cm³/mol. The fraction of sp³-hybridized carbons (Fsp3) is 0.